The average Bonchev–Trinajstić information content (AvgIpc) is 3.77. The molecule has 2 rings (SSSR count). The van der Waals surface area contributed by atoms with Crippen LogP contribution in [0.15, 0.2) is 11.6 Å². The Morgan fingerprint density at radius 3 is 1.49 bits per heavy atom. The second-order valence-corrected chi connectivity index (χ2v) is 20.1. The fourth-order valence-electron chi connectivity index (χ4n) is 8.78. The number of methoxy groups -OCH3 is 1. The predicted octanol–water partition coefficient (Wildman–Crippen LogP) is 14.4. The number of carbonyl (C=O) groups is 6. The zero-order chi connectivity index (χ0) is 52.6. The van der Waals surface area contributed by atoms with Gasteiger partial charge in [0.15, 0.2) is 6.10 Å². The summed E-state index contributed by atoms with van der Waals surface area (Å²) in [5, 5.41) is 0. The van der Waals surface area contributed by atoms with E-state index in [1.165, 1.54) is 123 Å². The Kier molecular flexibility index (Phi) is 36.4. The van der Waals surface area contributed by atoms with E-state index in [-0.39, 0.29) is 69.7 Å². The summed E-state index contributed by atoms with van der Waals surface area (Å²) in [5.41, 5.74) is 2.39. The van der Waals surface area contributed by atoms with Gasteiger partial charge >= 0.3 is 29.8 Å². The van der Waals surface area contributed by atoms with Crippen molar-refractivity contribution in [2.75, 3.05) is 27.1 Å². The first-order valence-corrected chi connectivity index (χ1v) is 28.5. The van der Waals surface area contributed by atoms with Crippen molar-refractivity contribution in [3.05, 3.63) is 33.9 Å². The molecule has 0 aliphatic carbocycles. The standard InChI is InChI=1S/C57H91O14P/c1-6-8-10-12-14-16-18-20-22-24-26-28-30-32-49(58)66-40-46(41-67-50(59)33-31-29-27-25-23-21-19-17-15-13-11-9-7-2)71-52(61)38-37-51(60)69-43-70-56-47(36-34-44(3)35-39-53(62)72-64)55(65-5)45(4)48-42-68-57(63)54(48)56/h34,46H,6-33,35-43H2,1-5H3/b44-34+. The first kappa shape index (κ1) is 63.8. The van der Waals surface area contributed by atoms with E-state index in [1.807, 2.05) is 13.0 Å². The van der Waals surface area contributed by atoms with E-state index in [4.69, 9.17) is 33.2 Å². The Labute approximate surface area is 433 Å². The van der Waals surface area contributed by atoms with Crippen LogP contribution >= 0.6 is 8.46 Å². The number of unbranched alkanes of at least 4 members (excludes halogenated alkanes) is 24. The van der Waals surface area contributed by atoms with Crippen molar-refractivity contribution in [2.45, 2.75) is 252 Å². The van der Waals surface area contributed by atoms with Crippen molar-refractivity contribution >= 4 is 43.8 Å². The van der Waals surface area contributed by atoms with E-state index in [2.05, 4.69) is 13.8 Å². The highest BCUT2D eigenvalue weighted by atomic mass is 31.1. The highest BCUT2D eigenvalue weighted by Gasteiger charge is 2.33. The van der Waals surface area contributed by atoms with E-state index in [0.717, 1.165) is 44.1 Å². The minimum Gasteiger partial charge on any atom is -0.496 e. The van der Waals surface area contributed by atoms with Crippen LogP contribution in [0.3, 0.4) is 0 Å². The minimum absolute atomic E-state index is 0.0125. The SMILES string of the molecule is CCCCCCCCCCCCCCCC(=O)OCC(COC(=O)CCCCCCCCCCCCCCC)OC(=O)CCC(=O)OCOc1c(C/C=C(\C)CCC(=O)P=O)c(OC)c(C)c2c1C(=O)OC2. The molecule has 0 fully saturated rings. The van der Waals surface area contributed by atoms with Crippen LogP contribution in [0.5, 0.6) is 11.5 Å². The van der Waals surface area contributed by atoms with Crippen LogP contribution in [0.1, 0.15) is 253 Å². The molecule has 0 saturated heterocycles. The lowest BCUT2D eigenvalue weighted by atomic mass is 9.94. The zero-order valence-corrected chi connectivity index (χ0v) is 45.9. The van der Waals surface area contributed by atoms with Crippen LogP contribution in [0.25, 0.3) is 0 Å². The van der Waals surface area contributed by atoms with E-state index < -0.39 is 56.7 Å². The Bertz CT molecular complexity index is 1750. The second kappa shape index (κ2) is 41.1. The van der Waals surface area contributed by atoms with Gasteiger partial charge in [-0.2, -0.15) is 0 Å². The largest absolute Gasteiger partial charge is 0.496 e. The fourth-order valence-corrected chi connectivity index (χ4v) is 8.98. The van der Waals surface area contributed by atoms with Crippen molar-refractivity contribution in [3.8, 4) is 11.5 Å². The van der Waals surface area contributed by atoms with Crippen LogP contribution in [-0.2, 0) is 65.2 Å². The Balaban J connectivity index is 1.89. The third kappa shape index (κ3) is 28.8. The van der Waals surface area contributed by atoms with Crippen molar-refractivity contribution in [3.63, 3.8) is 0 Å². The second-order valence-electron chi connectivity index (χ2n) is 19.4. The lowest BCUT2D eigenvalue weighted by Crippen LogP contribution is -2.31. The fraction of sp³-hybridized carbons (Fsp3) is 0.754. The van der Waals surface area contributed by atoms with Gasteiger partial charge in [-0.05, 0) is 45.1 Å². The van der Waals surface area contributed by atoms with Crippen molar-refractivity contribution < 1.29 is 66.5 Å². The number of fused-ring (bicyclic) bond motifs is 1. The molecule has 1 aliphatic heterocycles. The third-order valence-corrected chi connectivity index (χ3v) is 13.6. The molecule has 0 atom stereocenters. The van der Waals surface area contributed by atoms with Gasteiger partial charge in [0.05, 0.1) is 20.0 Å². The molecule has 15 heteroatoms. The first-order valence-electron chi connectivity index (χ1n) is 27.7. The summed E-state index contributed by atoms with van der Waals surface area (Å²) >= 11 is 0. The number of rotatable bonds is 46. The summed E-state index contributed by atoms with van der Waals surface area (Å²) in [4.78, 5) is 75.9. The number of carbonyl (C=O) groups excluding carboxylic acids is 6. The topological polar surface area (TPSA) is 184 Å². The number of benzene rings is 1. The minimum atomic E-state index is -1.07. The molecule has 0 bridgehead atoms. The smallest absolute Gasteiger partial charge is 0.342 e. The molecule has 0 amide bonds. The Hall–Kier alpha value is -4.32. The summed E-state index contributed by atoms with van der Waals surface area (Å²) < 4.78 is 49.8. The molecule has 1 aliphatic rings. The maximum atomic E-state index is 13.1. The summed E-state index contributed by atoms with van der Waals surface area (Å²) in [7, 11) is 0.947. The lowest BCUT2D eigenvalue weighted by molar-refractivity contribution is -0.167. The maximum absolute atomic E-state index is 13.1. The molecule has 0 saturated carbocycles. The number of cyclic esters (lactones) is 1. The third-order valence-electron chi connectivity index (χ3n) is 13.2. The van der Waals surface area contributed by atoms with Crippen molar-refractivity contribution in [1.82, 2.24) is 0 Å². The molecular weight excluding hydrogens is 940 g/mol. The highest BCUT2D eigenvalue weighted by molar-refractivity contribution is 7.46. The van der Waals surface area contributed by atoms with Gasteiger partial charge in [0.25, 0.3) is 0 Å². The van der Waals surface area contributed by atoms with E-state index in [9.17, 15) is 33.3 Å². The van der Waals surface area contributed by atoms with Gasteiger partial charge < -0.3 is 33.2 Å². The van der Waals surface area contributed by atoms with Gasteiger partial charge in [0.2, 0.25) is 20.8 Å². The molecule has 0 radical (unpaired) electrons. The van der Waals surface area contributed by atoms with Gasteiger partial charge in [-0.25, -0.2) is 4.79 Å². The summed E-state index contributed by atoms with van der Waals surface area (Å²) in [6, 6.07) is 0. The normalized spacial score (nSPS) is 12.2. The quantitative estimate of drug-likeness (QED) is 0.0150. The highest BCUT2D eigenvalue weighted by Crippen LogP contribution is 2.43. The summed E-state index contributed by atoms with van der Waals surface area (Å²) in [6.07, 6.45) is 32.1. The van der Waals surface area contributed by atoms with E-state index >= 15 is 0 Å². The first-order chi connectivity index (χ1) is 34.9. The van der Waals surface area contributed by atoms with Crippen LogP contribution in [0.2, 0.25) is 0 Å². The van der Waals surface area contributed by atoms with Crippen LogP contribution in [-0.4, -0.2) is 68.6 Å². The molecule has 0 unspecified atom stereocenters. The molecule has 1 aromatic carbocycles. The number of allylic oxidation sites excluding steroid dienone is 2. The molecule has 1 heterocycles. The van der Waals surface area contributed by atoms with Gasteiger partial charge in [-0.1, -0.05) is 180 Å². The lowest BCUT2D eigenvalue weighted by Gasteiger charge is -2.19. The van der Waals surface area contributed by atoms with Gasteiger partial charge in [-0.3, -0.25) is 28.5 Å². The number of esters is 5. The zero-order valence-electron chi connectivity index (χ0n) is 45.0. The number of hydrogen-bond acceptors (Lipinski definition) is 14. The Morgan fingerprint density at radius 2 is 1.03 bits per heavy atom. The summed E-state index contributed by atoms with van der Waals surface area (Å²) in [5.74, 6) is -2.43. The molecule has 0 spiro atoms. The van der Waals surface area contributed by atoms with Crippen LogP contribution < -0.4 is 9.47 Å². The van der Waals surface area contributed by atoms with E-state index in [1.54, 1.807) is 6.92 Å². The molecule has 1 aromatic rings. The molecule has 408 valence electrons. The number of ether oxygens (including phenoxy) is 7. The average molecular weight is 1030 g/mol. The maximum Gasteiger partial charge on any atom is 0.342 e. The molecular formula is C57H91O14P. The van der Waals surface area contributed by atoms with Crippen LogP contribution in [0, 0.1) is 6.92 Å². The van der Waals surface area contributed by atoms with Gasteiger partial charge in [0.1, 0.15) is 36.9 Å². The predicted molar refractivity (Wildman–Crippen MR) is 279 cm³/mol. The Morgan fingerprint density at radius 1 is 0.583 bits per heavy atom. The van der Waals surface area contributed by atoms with Crippen molar-refractivity contribution in [2.24, 2.45) is 0 Å². The molecule has 14 nitrogen and oxygen atoms in total. The molecule has 72 heavy (non-hydrogen) atoms. The van der Waals surface area contributed by atoms with Gasteiger partial charge in [0, 0.05) is 30.4 Å². The molecule has 0 aromatic heterocycles. The molecule has 0 N–H and O–H groups in total. The van der Waals surface area contributed by atoms with Crippen molar-refractivity contribution in [1.29, 1.82) is 0 Å². The van der Waals surface area contributed by atoms with Crippen LogP contribution in [0.4, 0.5) is 0 Å². The summed E-state index contributed by atoms with van der Waals surface area (Å²) in [6.45, 7) is 6.92. The number of hydrogen-bond donors (Lipinski definition) is 0. The van der Waals surface area contributed by atoms with Gasteiger partial charge in [-0.15, -0.1) is 0 Å². The van der Waals surface area contributed by atoms with E-state index in [0.29, 0.717) is 41.7 Å². The monoisotopic (exact) mass is 1030 g/mol.